The lowest BCUT2D eigenvalue weighted by Gasteiger charge is -2.51. The van der Waals surface area contributed by atoms with Gasteiger partial charge in [-0.15, -0.1) is 0 Å². The Morgan fingerprint density at radius 2 is 1.86 bits per heavy atom. The third kappa shape index (κ3) is 3.84. The molecule has 2 aromatic carbocycles. The summed E-state index contributed by atoms with van der Waals surface area (Å²) in [6.45, 7) is 3.24. The fraction of sp³-hybridized carbons (Fsp3) is 0.435. The largest absolute Gasteiger partial charge is 0.478 e. The quantitative estimate of drug-likeness (QED) is 0.597. The van der Waals surface area contributed by atoms with Crippen molar-refractivity contribution >= 4 is 28.6 Å². The Balaban J connectivity index is 1.62. The molecule has 2 N–H and O–H groups in total. The average molecular weight is 491 g/mol. The number of benzene rings is 2. The summed E-state index contributed by atoms with van der Waals surface area (Å²) in [5.74, 6) is -0.122. The number of hydrogen-bond donors (Lipinski definition) is 2. The van der Waals surface area contributed by atoms with Crippen LogP contribution >= 0.6 is 22.6 Å². The van der Waals surface area contributed by atoms with Crippen molar-refractivity contribution in [2.75, 3.05) is 19.6 Å². The second-order valence-corrected chi connectivity index (χ2v) is 9.32. The second-order valence-electron chi connectivity index (χ2n) is 8.15. The van der Waals surface area contributed by atoms with Crippen LogP contribution in [0.5, 0.6) is 0 Å². The minimum Gasteiger partial charge on any atom is -0.478 e. The van der Waals surface area contributed by atoms with Crippen molar-refractivity contribution in [3.05, 3.63) is 68.8 Å². The minimum atomic E-state index is -0.901. The first-order valence-electron chi connectivity index (χ1n) is 9.99. The molecule has 3 fully saturated rings. The van der Waals surface area contributed by atoms with Gasteiger partial charge in [0.1, 0.15) is 0 Å². The second kappa shape index (κ2) is 8.13. The fourth-order valence-electron chi connectivity index (χ4n) is 5.00. The van der Waals surface area contributed by atoms with Crippen LogP contribution in [0, 0.1) is 15.4 Å². The molecule has 0 radical (unpaired) electrons. The number of rotatable bonds is 6. The third-order valence-corrected chi connectivity index (χ3v) is 7.54. The Hall–Kier alpha value is -1.44. The molecule has 3 heterocycles. The maximum atomic E-state index is 12.0. The van der Waals surface area contributed by atoms with Gasteiger partial charge >= 0.3 is 5.97 Å². The van der Waals surface area contributed by atoms with Crippen LogP contribution in [0.1, 0.15) is 40.7 Å². The predicted molar refractivity (Wildman–Crippen MR) is 117 cm³/mol. The molecule has 0 amide bonds. The van der Waals surface area contributed by atoms with E-state index in [1.165, 1.54) is 0 Å². The van der Waals surface area contributed by atoms with Crippen molar-refractivity contribution in [3.8, 4) is 0 Å². The number of piperidine rings is 3. The molecule has 28 heavy (non-hydrogen) atoms. The van der Waals surface area contributed by atoms with E-state index in [4.69, 9.17) is 0 Å². The molecule has 2 aromatic rings. The highest BCUT2D eigenvalue weighted by Crippen LogP contribution is 2.45. The molecule has 2 atom stereocenters. The van der Waals surface area contributed by atoms with Crippen LogP contribution in [0.2, 0.25) is 0 Å². The van der Waals surface area contributed by atoms with Gasteiger partial charge in [0.05, 0.1) is 11.2 Å². The molecule has 4 nitrogen and oxygen atoms in total. The normalized spacial score (nSPS) is 26.0. The molecule has 3 aliphatic heterocycles. The number of aliphatic hydroxyl groups is 1. The molecule has 0 aromatic heterocycles. The van der Waals surface area contributed by atoms with Crippen LogP contribution in [0.4, 0.5) is 0 Å². The molecule has 2 bridgehead atoms. The van der Waals surface area contributed by atoms with E-state index in [9.17, 15) is 15.0 Å². The number of fused-ring (bicyclic) bond motifs is 3. The van der Waals surface area contributed by atoms with Gasteiger partial charge in [0.25, 0.3) is 0 Å². The molecule has 5 heteroatoms. The Morgan fingerprint density at radius 1 is 1.14 bits per heavy atom. The lowest BCUT2D eigenvalue weighted by atomic mass is 9.66. The summed E-state index contributed by atoms with van der Waals surface area (Å²) in [5.41, 5.74) is 1.40. The molecule has 0 saturated carbocycles. The number of nitrogens with zero attached hydrogens (tertiary/aromatic N) is 1. The van der Waals surface area contributed by atoms with Gasteiger partial charge in [-0.25, -0.2) is 4.79 Å². The number of aromatic carboxylic acids is 1. The van der Waals surface area contributed by atoms with E-state index >= 15 is 0 Å². The number of carboxylic acids is 1. The van der Waals surface area contributed by atoms with E-state index in [-0.39, 0.29) is 5.92 Å². The van der Waals surface area contributed by atoms with Crippen molar-refractivity contribution < 1.29 is 15.0 Å². The van der Waals surface area contributed by atoms with E-state index in [2.05, 4.69) is 27.5 Å². The van der Waals surface area contributed by atoms with Crippen molar-refractivity contribution in [2.45, 2.75) is 31.3 Å². The van der Waals surface area contributed by atoms with Crippen LogP contribution in [-0.2, 0) is 12.0 Å². The number of carboxylic acid groups (broad SMARTS) is 1. The molecule has 0 spiro atoms. The zero-order valence-electron chi connectivity index (χ0n) is 15.9. The smallest absolute Gasteiger partial charge is 0.336 e. The lowest BCUT2D eigenvalue weighted by molar-refractivity contribution is -0.106. The van der Waals surface area contributed by atoms with Gasteiger partial charge in [-0.05, 0) is 90.5 Å². The first-order valence-corrected chi connectivity index (χ1v) is 11.1. The van der Waals surface area contributed by atoms with Crippen LogP contribution in [0.15, 0.2) is 48.5 Å². The van der Waals surface area contributed by atoms with Crippen molar-refractivity contribution in [1.29, 1.82) is 0 Å². The summed E-state index contributed by atoms with van der Waals surface area (Å²) >= 11 is 2.06. The summed E-state index contributed by atoms with van der Waals surface area (Å²) in [4.78, 5) is 13.9. The SMILES string of the molecule is O=C(O)c1cc(CCC(O)(c2ccccc2)C2CN3CCC2CC3)ccc1I. The van der Waals surface area contributed by atoms with Gasteiger partial charge in [-0.3, -0.25) is 0 Å². The van der Waals surface area contributed by atoms with E-state index in [1.807, 2.05) is 42.5 Å². The van der Waals surface area contributed by atoms with Crippen molar-refractivity contribution in [2.24, 2.45) is 11.8 Å². The van der Waals surface area contributed by atoms with Gasteiger partial charge in [0, 0.05) is 16.0 Å². The molecule has 3 saturated heterocycles. The maximum absolute atomic E-state index is 12.0. The zero-order chi connectivity index (χ0) is 19.7. The Morgan fingerprint density at radius 3 is 2.46 bits per heavy atom. The summed E-state index contributed by atoms with van der Waals surface area (Å²) in [7, 11) is 0. The van der Waals surface area contributed by atoms with Gasteiger partial charge in [0.15, 0.2) is 0 Å². The van der Waals surface area contributed by atoms with Gasteiger partial charge in [-0.1, -0.05) is 36.4 Å². The van der Waals surface area contributed by atoms with Crippen molar-refractivity contribution in [3.63, 3.8) is 0 Å². The highest BCUT2D eigenvalue weighted by molar-refractivity contribution is 14.1. The fourth-order valence-corrected chi connectivity index (χ4v) is 5.57. The molecule has 148 valence electrons. The van der Waals surface area contributed by atoms with E-state index < -0.39 is 11.6 Å². The molecule has 3 aliphatic rings. The zero-order valence-corrected chi connectivity index (χ0v) is 18.0. The highest BCUT2D eigenvalue weighted by atomic mass is 127. The molecule has 0 aliphatic carbocycles. The average Bonchev–Trinajstić information content (AvgIpc) is 2.74. The Kier molecular flexibility index (Phi) is 5.76. The summed E-state index contributed by atoms with van der Waals surface area (Å²) < 4.78 is 0.740. The third-order valence-electron chi connectivity index (χ3n) is 6.60. The van der Waals surface area contributed by atoms with Crippen molar-refractivity contribution in [1.82, 2.24) is 4.90 Å². The van der Waals surface area contributed by atoms with Gasteiger partial charge < -0.3 is 15.1 Å². The topological polar surface area (TPSA) is 60.8 Å². The van der Waals surface area contributed by atoms with Gasteiger partial charge in [0.2, 0.25) is 0 Å². The van der Waals surface area contributed by atoms with E-state index in [0.29, 0.717) is 24.3 Å². The molecule has 2 unspecified atom stereocenters. The standard InChI is InChI=1S/C23H26INO3/c24-21-7-6-16(14-19(21)22(26)27)8-11-23(28,18-4-2-1-3-5-18)20-15-25-12-9-17(20)10-13-25/h1-7,14,17,20,28H,8-13,15H2,(H,26,27). The van der Waals surface area contributed by atoms with E-state index in [0.717, 1.165) is 47.2 Å². The summed E-state index contributed by atoms with van der Waals surface area (Å²) in [6.07, 6.45) is 3.58. The Bertz CT molecular complexity index is 848. The Labute approximate surface area is 179 Å². The number of hydrogen-bond acceptors (Lipinski definition) is 3. The highest BCUT2D eigenvalue weighted by Gasteiger charge is 2.47. The lowest BCUT2D eigenvalue weighted by Crippen LogP contribution is -2.55. The monoisotopic (exact) mass is 491 g/mol. The van der Waals surface area contributed by atoms with Gasteiger partial charge in [-0.2, -0.15) is 0 Å². The summed E-state index contributed by atoms with van der Waals surface area (Å²) in [6, 6.07) is 15.6. The minimum absolute atomic E-state index is 0.222. The van der Waals surface area contributed by atoms with Crippen LogP contribution in [0.25, 0.3) is 0 Å². The molecular formula is C23H26INO3. The first-order chi connectivity index (χ1) is 13.5. The van der Waals surface area contributed by atoms with Crippen LogP contribution in [0.3, 0.4) is 0 Å². The van der Waals surface area contributed by atoms with Crippen LogP contribution in [-0.4, -0.2) is 40.7 Å². The molecular weight excluding hydrogens is 465 g/mol. The maximum Gasteiger partial charge on any atom is 0.336 e. The predicted octanol–water partition coefficient (Wildman–Crippen LogP) is 4.15. The van der Waals surface area contributed by atoms with E-state index in [1.54, 1.807) is 6.07 Å². The number of aryl methyl sites for hydroxylation is 1. The molecule has 5 rings (SSSR count). The number of halogens is 1. The van der Waals surface area contributed by atoms with Crippen LogP contribution < -0.4 is 0 Å². The summed E-state index contributed by atoms with van der Waals surface area (Å²) in [5, 5.41) is 21.4. The first kappa shape index (κ1) is 19.9. The number of carbonyl (C=O) groups is 1.